The van der Waals surface area contributed by atoms with Gasteiger partial charge in [-0.3, -0.25) is 9.59 Å². The van der Waals surface area contributed by atoms with E-state index < -0.39 is 17.9 Å². The summed E-state index contributed by atoms with van der Waals surface area (Å²) in [6.45, 7) is 0.400. The summed E-state index contributed by atoms with van der Waals surface area (Å²) in [6.07, 6.45) is 0.134. The quantitative estimate of drug-likeness (QED) is 0.710. The van der Waals surface area contributed by atoms with Crippen LogP contribution in [0.25, 0.3) is 0 Å². The van der Waals surface area contributed by atoms with Crippen molar-refractivity contribution in [3.8, 4) is 0 Å². The normalized spacial score (nSPS) is 11.8. The van der Waals surface area contributed by atoms with Crippen LogP contribution in [0.1, 0.15) is 18.4 Å². The number of carboxylic acid groups (broad SMARTS) is 1. The molecule has 1 atom stereocenters. The van der Waals surface area contributed by atoms with Crippen LogP contribution in [0.2, 0.25) is 0 Å². The summed E-state index contributed by atoms with van der Waals surface area (Å²) in [5.74, 6) is -2.30. The highest BCUT2D eigenvalue weighted by Gasteiger charge is 2.21. The molecule has 1 aromatic carbocycles. The van der Waals surface area contributed by atoms with Crippen molar-refractivity contribution in [3.63, 3.8) is 0 Å². The maximum atomic E-state index is 11.5. The van der Waals surface area contributed by atoms with E-state index in [-0.39, 0.29) is 26.0 Å². The number of carbonyl (C=O) groups excluding carboxylic acids is 1. The Labute approximate surface area is 106 Å². The molecule has 18 heavy (non-hydrogen) atoms. The number of esters is 1. The van der Waals surface area contributed by atoms with Crippen LogP contribution < -0.4 is 5.73 Å². The molecule has 0 saturated carbocycles. The lowest BCUT2D eigenvalue weighted by Gasteiger charge is -2.10. The molecule has 5 heteroatoms. The smallest absolute Gasteiger partial charge is 0.307 e. The average molecular weight is 251 g/mol. The lowest BCUT2D eigenvalue weighted by atomic mass is 10.0. The predicted octanol–water partition coefficient (Wildman–Crippen LogP) is 1.17. The van der Waals surface area contributed by atoms with Gasteiger partial charge < -0.3 is 15.6 Å². The van der Waals surface area contributed by atoms with Gasteiger partial charge >= 0.3 is 11.9 Å². The molecule has 0 aliphatic heterocycles. The first kappa shape index (κ1) is 14.2. The third kappa shape index (κ3) is 4.97. The van der Waals surface area contributed by atoms with Crippen LogP contribution in [0, 0.1) is 5.92 Å². The second-order valence-corrected chi connectivity index (χ2v) is 3.96. The summed E-state index contributed by atoms with van der Waals surface area (Å²) in [5.41, 5.74) is 6.16. The maximum absolute atomic E-state index is 11.5. The minimum absolute atomic E-state index is 0.140. The van der Waals surface area contributed by atoms with Gasteiger partial charge in [0.15, 0.2) is 0 Å². The van der Waals surface area contributed by atoms with Gasteiger partial charge in [-0.25, -0.2) is 0 Å². The second kappa shape index (κ2) is 7.45. The van der Waals surface area contributed by atoms with Crippen LogP contribution in [-0.4, -0.2) is 23.6 Å². The minimum Gasteiger partial charge on any atom is -0.481 e. The molecule has 1 aromatic rings. The van der Waals surface area contributed by atoms with Crippen LogP contribution in [0.5, 0.6) is 0 Å². The highest BCUT2D eigenvalue weighted by Crippen LogP contribution is 2.10. The van der Waals surface area contributed by atoms with Gasteiger partial charge in [0.05, 0.1) is 12.3 Å². The molecule has 3 N–H and O–H groups in total. The zero-order valence-corrected chi connectivity index (χ0v) is 10.0. The van der Waals surface area contributed by atoms with E-state index in [2.05, 4.69) is 0 Å². The van der Waals surface area contributed by atoms with E-state index in [0.717, 1.165) is 5.56 Å². The van der Waals surface area contributed by atoms with E-state index in [4.69, 9.17) is 15.6 Å². The number of nitrogens with two attached hydrogens (primary N) is 1. The molecule has 0 radical (unpaired) electrons. The molecule has 0 amide bonds. The van der Waals surface area contributed by atoms with Crippen molar-refractivity contribution in [2.75, 3.05) is 6.54 Å². The molecule has 98 valence electrons. The molecule has 0 aromatic heterocycles. The van der Waals surface area contributed by atoms with E-state index in [9.17, 15) is 9.59 Å². The average Bonchev–Trinajstić information content (AvgIpc) is 2.37. The Morgan fingerprint density at radius 1 is 1.28 bits per heavy atom. The Morgan fingerprint density at radius 2 is 1.94 bits per heavy atom. The Morgan fingerprint density at radius 3 is 2.50 bits per heavy atom. The van der Waals surface area contributed by atoms with Crippen molar-refractivity contribution >= 4 is 11.9 Å². The summed E-state index contributed by atoms with van der Waals surface area (Å²) in [7, 11) is 0. The number of aliphatic carboxylic acids is 1. The van der Waals surface area contributed by atoms with Crippen molar-refractivity contribution in [2.24, 2.45) is 11.7 Å². The van der Waals surface area contributed by atoms with E-state index in [0.29, 0.717) is 0 Å². The number of ether oxygens (including phenoxy) is 1. The van der Waals surface area contributed by atoms with Gasteiger partial charge in [0.25, 0.3) is 0 Å². The molecular weight excluding hydrogens is 234 g/mol. The summed E-state index contributed by atoms with van der Waals surface area (Å²) in [4.78, 5) is 22.3. The number of benzene rings is 1. The molecule has 0 spiro atoms. The van der Waals surface area contributed by atoms with Gasteiger partial charge in [-0.15, -0.1) is 0 Å². The Bertz CT molecular complexity index is 391. The zero-order valence-electron chi connectivity index (χ0n) is 10.0. The first-order valence-electron chi connectivity index (χ1n) is 5.76. The van der Waals surface area contributed by atoms with E-state index >= 15 is 0 Å². The van der Waals surface area contributed by atoms with Crippen molar-refractivity contribution in [3.05, 3.63) is 35.9 Å². The van der Waals surface area contributed by atoms with Gasteiger partial charge in [-0.2, -0.15) is 0 Å². The van der Waals surface area contributed by atoms with Crippen molar-refractivity contribution < 1.29 is 19.4 Å². The summed E-state index contributed by atoms with van der Waals surface area (Å²) in [6, 6.07) is 9.23. The zero-order chi connectivity index (χ0) is 13.4. The van der Waals surface area contributed by atoms with Gasteiger partial charge in [-0.05, 0) is 18.5 Å². The van der Waals surface area contributed by atoms with Crippen molar-refractivity contribution in [2.45, 2.75) is 19.4 Å². The third-order valence-electron chi connectivity index (χ3n) is 2.52. The monoisotopic (exact) mass is 251 g/mol. The maximum Gasteiger partial charge on any atom is 0.307 e. The lowest BCUT2D eigenvalue weighted by Crippen LogP contribution is -2.22. The first-order valence-corrected chi connectivity index (χ1v) is 5.76. The number of rotatable bonds is 7. The second-order valence-electron chi connectivity index (χ2n) is 3.96. The highest BCUT2D eigenvalue weighted by molar-refractivity contribution is 5.78. The molecular formula is C13H17NO4. The molecule has 0 unspecified atom stereocenters. The molecule has 0 bridgehead atoms. The summed E-state index contributed by atoms with van der Waals surface area (Å²) < 4.78 is 5.01. The fourth-order valence-electron chi connectivity index (χ4n) is 1.51. The summed E-state index contributed by atoms with van der Waals surface area (Å²) >= 11 is 0. The Balaban J connectivity index is 2.39. The van der Waals surface area contributed by atoms with Crippen molar-refractivity contribution in [1.82, 2.24) is 0 Å². The van der Waals surface area contributed by atoms with Gasteiger partial charge in [0.1, 0.15) is 6.61 Å². The van der Waals surface area contributed by atoms with Gasteiger partial charge in [0, 0.05) is 0 Å². The third-order valence-corrected chi connectivity index (χ3v) is 2.52. The van der Waals surface area contributed by atoms with Gasteiger partial charge in [0.2, 0.25) is 0 Å². The molecule has 1 rings (SSSR count). The minimum atomic E-state index is -1.02. The van der Waals surface area contributed by atoms with E-state index in [1.807, 2.05) is 30.3 Å². The number of hydrogen-bond acceptors (Lipinski definition) is 4. The van der Waals surface area contributed by atoms with Crippen LogP contribution in [0.15, 0.2) is 30.3 Å². The highest BCUT2D eigenvalue weighted by atomic mass is 16.5. The predicted molar refractivity (Wildman–Crippen MR) is 65.7 cm³/mol. The van der Waals surface area contributed by atoms with Crippen LogP contribution >= 0.6 is 0 Å². The topological polar surface area (TPSA) is 89.6 Å². The largest absolute Gasteiger partial charge is 0.481 e. The van der Waals surface area contributed by atoms with Crippen LogP contribution in [0.4, 0.5) is 0 Å². The number of carbonyl (C=O) groups is 2. The Kier molecular flexibility index (Phi) is 5.87. The molecule has 0 fully saturated rings. The fourth-order valence-corrected chi connectivity index (χ4v) is 1.51. The van der Waals surface area contributed by atoms with E-state index in [1.54, 1.807) is 0 Å². The number of carboxylic acids is 1. The Hall–Kier alpha value is -1.88. The summed E-state index contributed by atoms with van der Waals surface area (Å²) in [5, 5.41) is 8.88. The SMILES string of the molecule is NCC[C@@H](CC(=O)OCc1ccccc1)C(=O)O. The molecule has 0 aliphatic carbocycles. The molecule has 5 nitrogen and oxygen atoms in total. The lowest BCUT2D eigenvalue weighted by molar-refractivity contribution is -0.152. The number of hydrogen-bond donors (Lipinski definition) is 2. The van der Waals surface area contributed by atoms with Crippen LogP contribution in [-0.2, 0) is 20.9 Å². The van der Waals surface area contributed by atoms with Crippen LogP contribution in [0.3, 0.4) is 0 Å². The molecule has 0 saturated heterocycles. The van der Waals surface area contributed by atoms with Gasteiger partial charge in [-0.1, -0.05) is 30.3 Å². The molecule has 0 heterocycles. The first-order chi connectivity index (χ1) is 8.63. The fraction of sp³-hybridized carbons (Fsp3) is 0.385. The molecule has 0 aliphatic rings. The standard InChI is InChI=1S/C13H17NO4/c14-7-6-11(13(16)17)8-12(15)18-9-10-4-2-1-3-5-10/h1-5,11H,6-9,14H2,(H,16,17)/t11-/m0/s1. The van der Waals surface area contributed by atoms with Crippen molar-refractivity contribution in [1.29, 1.82) is 0 Å². The van der Waals surface area contributed by atoms with E-state index in [1.165, 1.54) is 0 Å².